The van der Waals surface area contributed by atoms with E-state index in [0.717, 1.165) is 0 Å². The van der Waals surface area contributed by atoms with Gasteiger partial charge in [0.25, 0.3) is 0 Å². The van der Waals surface area contributed by atoms with Gasteiger partial charge in [0.1, 0.15) is 0 Å². The fourth-order valence-corrected chi connectivity index (χ4v) is 2.88. The van der Waals surface area contributed by atoms with Crippen LogP contribution in [0.1, 0.15) is 67.2 Å². The highest BCUT2D eigenvalue weighted by Crippen LogP contribution is 2.41. The Bertz CT molecular complexity index is 340. The largest absolute Gasteiger partial charge is 0.487 e. The van der Waals surface area contributed by atoms with Crippen LogP contribution in [0.15, 0.2) is 11.5 Å². The van der Waals surface area contributed by atoms with E-state index in [0.29, 0.717) is 5.41 Å². The molecule has 0 aromatic heterocycles. The smallest absolute Gasteiger partial charge is 0.400 e. The van der Waals surface area contributed by atoms with E-state index < -0.39 is 0 Å². The summed E-state index contributed by atoms with van der Waals surface area (Å²) in [6.07, 6.45) is 5.00. The standard InChI is InChI=1S/C15H27BO2/c1-13(2)9-7-8-12(10-13)11-16-17-14(3,4)15(5,6)18-16/h11H,7-10H2,1-6H3/b12-11+. The fraction of sp³-hybridized carbons (Fsp3) is 0.867. The van der Waals surface area contributed by atoms with Crippen LogP contribution in [0, 0.1) is 5.41 Å². The summed E-state index contributed by atoms with van der Waals surface area (Å²) in [5.41, 5.74) is 1.50. The lowest BCUT2D eigenvalue weighted by molar-refractivity contribution is 0.00578. The summed E-state index contributed by atoms with van der Waals surface area (Å²) < 4.78 is 12.1. The molecule has 2 fully saturated rings. The second kappa shape index (κ2) is 4.38. The van der Waals surface area contributed by atoms with Crippen molar-refractivity contribution in [3.8, 4) is 0 Å². The van der Waals surface area contributed by atoms with Gasteiger partial charge in [0, 0.05) is 0 Å². The van der Waals surface area contributed by atoms with Gasteiger partial charge in [0.15, 0.2) is 0 Å². The Morgan fingerprint density at radius 1 is 1.00 bits per heavy atom. The molecule has 0 amide bonds. The summed E-state index contributed by atoms with van der Waals surface area (Å²) in [5, 5.41) is 0. The van der Waals surface area contributed by atoms with Crippen molar-refractivity contribution in [3.05, 3.63) is 11.5 Å². The molecule has 102 valence electrons. The first-order valence-electron chi connectivity index (χ1n) is 7.17. The van der Waals surface area contributed by atoms with Crippen molar-refractivity contribution >= 4 is 7.12 Å². The van der Waals surface area contributed by atoms with E-state index in [4.69, 9.17) is 9.31 Å². The predicted octanol–water partition coefficient (Wildman–Crippen LogP) is 4.14. The van der Waals surface area contributed by atoms with Gasteiger partial charge < -0.3 is 9.31 Å². The van der Waals surface area contributed by atoms with Crippen LogP contribution in [-0.2, 0) is 9.31 Å². The Hall–Kier alpha value is -0.275. The van der Waals surface area contributed by atoms with Crippen molar-refractivity contribution in [3.63, 3.8) is 0 Å². The molecular weight excluding hydrogens is 223 g/mol. The lowest BCUT2D eigenvalue weighted by atomic mass is 9.72. The van der Waals surface area contributed by atoms with Gasteiger partial charge in [-0.05, 0) is 58.8 Å². The molecule has 1 aliphatic carbocycles. The highest BCUT2D eigenvalue weighted by molar-refractivity contribution is 6.51. The summed E-state index contributed by atoms with van der Waals surface area (Å²) in [7, 11) is -0.168. The molecule has 1 aliphatic heterocycles. The van der Waals surface area contributed by atoms with Gasteiger partial charge in [-0.25, -0.2) is 0 Å². The zero-order valence-corrected chi connectivity index (χ0v) is 12.8. The molecule has 0 atom stereocenters. The zero-order chi connectivity index (χ0) is 13.6. The van der Waals surface area contributed by atoms with Crippen molar-refractivity contribution in [2.24, 2.45) is 5.41 Å². The van der Waals surface area contributed by atoms with E-state index in [1.807, 2.05) is 0 Å². The normalized spacial score (nSPS) is 31.9. The summed E-state index contributed by atoms with van der Waals surface area (Å²) >= 11 is 0. The lowest BCUT2D eigenvalue weighted by Crippen LogP contribution is -2.41. The second-order valence-electron chi connectivity index (χ2n) is 7.64. The van der Waals surface area contributed by atoms with Crippen LogP contribution in [0.5, 0.6) is 0 Å². The molecule has 2 aliphatic rings. The highest BCUT2D eigenvalue weighted by atomic mass is 16.7. The van der Waals surface area contributed by atoms with Gasteiger partial charge in [0.2, 0.25) is 0 Å². The van der Waals surface area contributed by atoms with Crippen LogP contribution in [-0.4, -0.2) is 18.3 Å². The molecule has 0 bridgehead atoms. The molecule has 0 aromatic rings. The molecule has 0 aromatic carbocycles. The van der Waals surface area contributed by atoms with E-state index >= 15 is 0 Å². The Balaban J connectivity index is 2.07. The first-order chi connectivity index (χ1) is 8.11. The van der Waals surface area contributed by atoms with Gasteiger partial charge in [-0.15, -0.1) is 0 Å². The maximum Gasteiger partial charge on any atom is 0.487 e. The van der Waals surface area contributed by atoms with Crippen molar-refractivity contribution < 1.29 is 9.31 Å². The van der Waals surface area contributed by atoms with Gasteiger partial charge in [0.05, 0.1) is 11.2 Å². The minimum atomic E-state index is -0.223. The lowest BCUT2D eigenvalue weighted by Gasteiger charge is -2.32. The second-order valence-corrected chi connectivity index (χ2v) is 7.64. The van der Waals surface area contributed by atoms with E-state index in [1.54, 1.807) is 0 Å². The minimum Gasteiger partial charge on any atom is -0.400 e. The van der Waals surface area contributed by atoms with Gasteiger partial charge in [-0.1, -0.05) is 25.4 Å². The van der Waals surface area contributed by atoms with Crippen LogP contribution in [0.4, 0.5) is 0 Å². The number of allylic oxidation sites excluding steroid dienone is 1. The van der Waals surface area contributed by atoms with Crippen molar-refractivity contribution in [2.45, 2.75) is 78.4 Å². The zero-order valence-electron chi connectivity index (χ0n) is 12.8. The first-order valence-corrected chi connectivity index (χ1v) is 7.17. The SMILES string of the molecule is CC1(C)CCC/C(=C\B2OC(C)(C)C(C)(C)O2)C1. The quantitative estimate of drug-likeness (QED) is 0.651. The van der Waals surface area contributed by atoms with E-state index in [1.165, 1.54) is 31.3 Å². The molecule has 2 nitrogen and oxygen atoms in total. The summed E-state index contributed by atoms with van der Waals surface area (Å²) in [6, 6.07) is 0. The number of rotatable bonds is 1. The maximum absolute atomic E-state index is 6.04. The fourth-order valence-electron chi connectivity index (χ4n) is 2.88. The molecule has 1 heterocycles. The molecule has 0 N–H and O–H groups in total. The molecule has 0 unspecified atom stereocenters. The monoisotopic (exact) mass is 250 g/mol. The van der Waals surface area contributed by atoms with E-state index in [-0.39, 0.29) is 18.3 Å². The van der Waals surface area contributed by atoms with Crippen molar-refractivity contribution in [1.29, 1.82) is 0 Å². The van der Waals surface area contributed by atoms with E-state index in [2.05, 4.69) is 47.5 Å². The Morgan fingerprint density at radius 3 is 2.06 bits per heavy atom. The van der Waals surface area contributed by atoms with Gasteiger partial charge in [-0.3, -0.25) is 0 Å². The summed E-state index contributed by atoms with van der Waals surface area (Å²) in [5.74, 6) is 2.22. The molecular formula is C15H27BO2. The predicted molar refractivity (Wildman–Crippen MR) is 76.4 cm³/mol. The number of hydrogen-bond donors (Lipinski definition) is 0. The first kappa shape index (κ1) is 14.1. The minimum absolute atomic E-state index is 0.168. The maximum atomic E-state index is 6.04. The highest BCUT2D eigenvalue weighted by Gasteiger charge is 2.50. The third-order valence-corrected chi connectivity index (χ3v) is 4.70. The molecule has 3 heteroatoms. The van der Waals surface area contributed by atoms with Crippen LogP contribution >= 0.6 is 0 Å². The third kappa shape index (κ3) is 2.83. The van der Waals surface area contributed by atoms with Gasteiger partial charge in [-0.2, -0.15) is 0 Å². The third-order valence-electron chi connectivity index (χ3n) is 4.70. The van der Waals surface area contributed by atoms with Crippen LogP contribution < -0.4 is 0 Å². The number of hydrogen-bond acceptors (Lipinski definition) is 2. The molecule has 1 saturated heterocycles. The van der Waals surface area contributed by atoms with E-state index in [9.17, 15) is 0 Å². The topological polar surface area (TPSA) is 18.5 Å². The Kier molecular flexibility index (Phi) is 3.44. The molecule has 0 spiro atoms. The summed E-state index contributed by atoms with van der Waals surface area (Å²) in [4.78, 5) is 0. The summed E-state index contributed by atoms with van der Waals surface area (Å²) in [6.45, 7) is 13.1. The van der Waals surface area contributed by atoms with Crippen molar-refractivity contribution in [2.75, 3.05) is 0 Å². The molecule has 2 rings (SSSR count). The average molecular weight is 250 g/mol. The van der Waals surface area contributed by atoms with Crippen LogP contribution in [0.25, 0.3) is 0 Å². The Labute approximate surface area is 112 Å². The average Bonchev–Trinajstić information content (AvgIpc) is 2.32. The van der Waals surface area contributed by atoms with Crippen LogP contribution in [0.3, 0.4) is 0 Å². The van der Waals surface area contributed by atoms with Crippen LogP contribution in [0.2, 0.25) is 0 Å². The molecule has 0 radical (unpaired) electrons. The Morgan fingerprint density at radius 2 is 1.56 bits per heavy atom. The molecule has 1 saturated carbocycles. The van der Waals surface area contributed by atoms with Gasteiger partial charge >= 0.3 is 7.12 Å². The van der Waals surface area contributed by atoms with Crippen molar-refractivity contribution in [1.82, 2.24) is 0 Å². The molecule has 18 heavy (non-hydrogen) atoms.